The molecule has 1 atom stereocenters. The van der Waals surface area contributed by atoms with E-state index >= 15 is 0 Å². The molecule has 0 amide bonds. The highest BCUT2D eigenvalue weighted by molar-refractivity contribution is 9.09. The fraction of sp³-hybridized carbons (Fsp3) is 0.455. The van der Waals surface area contributed by atoms with Crippen LogP contribution in [0.1, 0.15) is 12.5 Å². The molecule has 1 unspecified atom stereocenters. The van der Waals surface area contributed by atoms with Crippen molar-refractivity contribution in [2.24, 2.45) is 5.92 Å². The van der Waals surface area contributed by atoms with Gasteiger partial charge in [0.05, 0.1) is 7.11 Å². The highest BCUT2D eigenvalue weighted by atomic mass is 79.9. The Morgan fingerprint density at radius 1 is 1.38 bits per heavy atom. The molecule has 0 saturated carbocycles. The second-order valence-electron chi connectivity index (χ2n) is 3.28. The lowest BCUT2D eigenvalue weighted by Crippen LogP contribution is -2.02. The lowest BCUT2D eigenvalue weighted by Gasteiger charge is -2.11. The van der Waals surface area contributed by atoms with E-state index in [1.807, 2.05) is 12.1 Å². The maximum atomic E-state index is 5.28. The Balaban J connectivity index is 2.74. The monoisotopic (exact) mass is 242 g/mol. The summed E-state index contributed by atoms with van der Waals surface area (Å²) in [4.78, 5) is 0. The highest BCUT2D eigenvalue weighted by Gasteiger charge is 2.05. The van der Waals surface area contributed by atoms with E-state index in [4.69, 9.17) is 4.74 Å². The molecule has 0 bridgehead atoms. The molecule has 0 aromatic heterocycles. The normalized spacial score (nSPS) is 12.5. The maximum Gasteiger partial charge on any atom is 0.122 e. The molecular formula is C11H15BrO. The van der Waals surface area contributed by atoms with Gasteiger partial charge in [-0.15, -0.1) is 0 Å². The zero-order valence-electron chi connectivity index (χ0n) is 8.09. The van der Waals surface area contributed by atoms with E-state index in [2.05, 4.69) is 35.0 Å². The first-order valence-corrected chi connectivity index (χ1v) is 5.58. The highest BCUT2D eigenvalue weighted by Crippen LogP contribution is 2.21. The Labute approximate surface area is 88.2 Å². The van der Waals surface area contributed by atoms with Gasteiger partial charge in [-0.1, -0.05) is 41.1 Å². The van der Waals surface area contributed by atoms with Gasteiger partial charge in [-0.2, -0.15) is 0 Å². The van der Waals surface area contributed by atoms with E-state index in [1.165, 1.54) is 5.56 Å². The molecule has 1 aromatic rings. The number of para-hydroxylation sites is 1. The molecule has 0 aliphatic carbocycles. The topological polar surface area (TPSA) is 9.23 Å². The minimum absolute atomic E-state index is 0.649. The van der Waals surface area contributed by atoms with Crippen LogP contribution in [0.2, 0.25) is 0 Å². The van der Waals surface area contributed by atoms with Gasteiger partial charge in [-0.05, 0) is 24.0 Å². The van der Waals surface area contributed by atoms with E-state index in [9.17, 15) is 0 Å². The summed E-state index contributed by atoms with van der Waals surface area (Å²) in [5.41, 5.74) is 1.29. The lowest BCUT2D eigenvalue weighted by atomic mass is 10.0. The smallest absolute Gasteiger partial charge is 0.122 e. The quantitative estimate of drug-likeness (QED) is 0.737. The summed E-state index contributed by atoms with van der Waals surface area (Å²) in [6.45, 7) is 2.22. The van der Waals surface area contributed by atoms with Gasteiger partial charge in [0.1, 0.15) is 5.75 Å². The van der Waals surface area contributed by atoms with Crippen molar-refractivity contribution in [3.05, 3.63) is 29.8 Å². The average molecular weight is 243 g/mol. The summed E-state index contributed by atoms with van der Waals surface area (Å²) in [5, 5.41) is 1.03. The van der Waals surface area contributed by atoms with Gasteiger partial charge in [0, 0.05) is 5.33 Å². The van der Waals surface area contributed by atoms with Crippen LogP contribution in [0.5, 0.6) is 5.75 Å². The summed E-state index contributed by atoms with van der Waals surface area (Å²) in [5.74, 6) is 1.64. The molecule has 2 heteroatoms. The first kappa shape index (κ1) is 10.6. The maximum absolute atomic E-state index is 5.28. The summed E-state index contributed by atoms with van der Waals surface area (Å²) in [6.07, 6.45) is 1.06. The minimum atomic E-state index is 0.649. The average Bonchev–Trinajstić information content (AvgIpc) is 2.18. The standard InChI is InChI=1S/C11H15BrO/c1-9(8-12)7-10-5-3-4-6-11(10)13-2/h3-6,9H,7-8H2,1-2H3. The van der Waals surface area contributed by atoms with Crippen LogP contribution in [0.4, 0.5) is 0 Å². The number of hydrogen-bond donors (Lipinski definition) is 0. The molecule has 0 fully saturated rings. The molecule has 13 heavy (non-hydrogen) atoms. The number of halogens is 1. The molecule has 72 valence electrons. The van der Waals surface area contributed by atoms with Gasteiger partial charge < -0.3 is 4.74 Å². The van der Waals surface area contributed by atoms with Gasteiger partial charge in [0.15, 0.2) is 0 Å². The Bertz CT molecular complexity index is 260. The molecule has 0 spiro atoms. The SMILES string of the molecule is COc1ccccc1CC(C)CBr. The fourth-order valence-corrected chi connectivity index (χ4v) is 1.53. The molecule has 0 radical (unpaired) electrons. The van der Waals surface area contributed by atoms with E-state index in [-0.39, 0.29) is 0 Å². The summed E-state index contributed by atoms with van der Waals surface area (Å²) in [6, 6.07) is 8.19. The molecule has 1 aromatic carbocycles. The molecule has 0 heterocycles. The van der Waals surface area contributed by atoms with Gasteiger partial charge >= 0.3 is 0 Å². The van der Waals surface area contributed by atoms with E-state index < -0.39 is 0 Å². The summed E-state index contributed by atoms with van der Waals surface area (Å²) >= 11 is 3.48. The Morgan fingerprint density at radius 3 is 2.69 bits per heavy atom. The molecule has 1 rings (SSSR count). The predicted octanol–water partition coefficient (Wildman–Crippen LogP) is 3.27. The van der Waals surface area contributed by atoms with Gasteiger partial charge in [-0.25, -0.2) is 0 Å². The third kappa shape index (κ3) is 3.03. The Morgan fingerprint density at radius 2 is 2.08 bits per heavy atom. The molecule has 0 aliphatic rings. The van der Waals surface area contributed by atoms with Crippen molar-refractivity contribution in [1.29, 1.82) is 0 Å². The van der Waals surface area contributed by atoms with Crippen molar-refractivity contribution in [2.45, 2.75) is 13.3 Å². The number of methoxy groups -OCH3 is 1. The molecule has 0 N–H and O–H groups in total. The molecule has 0 saturated heterocycles. The van der Waals surface area contributed by atoms with Crippen molar-refractivity contribution >= 4 is 15.9 Å². The number of benzene rings is 1. The van der Waals surface area contributed by atoms with Crippen LogP contribution in [-0.2, 0) is 6.42 Å². The predicted molar refractivity (Wildman–Crippen MR) is 59.7 cm³/mol. The molecule has 1 nitrogen and oxygen atoms in total. The number of alkyl halides is 1. The molecular weight excluding hydrogens is 228 g/mol. The van der Waals surface area contributed by atoms with Crippen LogP contribution in [0.25, 0.3) is 0 Å². The first-order chi connectivity index (χ1) is 6.27. The third-order valence-electron chi connectivity index (χ3n) is 2.02. The summed E-state index contributed by atoms with van der Waals surface area (Å²) in [7, 11) is 1.72. The number of ether oxygens (including phenoxy) is 1. The van der Waals surface area contributed by atoms with Crippen LogP contribution in [-0.4, -0.2) is 12.4 Å². The van der Waals surface area contributed by atoms with E-state index in [0.29, 0.717) is 5.92 Å². The van der Waals surface area contributed by atoms with Crippen molar-refractivity contribution < 1.29 is 4.74 Å². The van der Waals surface area contributed by atoms with Crippen LogP contribution in [0, 0.1) is 5.92 Å². The van der Waals surface area contributed by atoms with Crippen LogP contribution >= 0.6 is 15.9 Å². The fourth-order valence-electron chi connectivity index (χ4n) is 1.30. The van der Waals surface area contributed by atoms with Gasteiger partial charge in [0.2, 0.25) is 0 Å². The third-order valence-corrected chi connectivity index (χ3v) is 3.13. The largest absolute Gasteiger partial charge is 0.496 e. The van der Waals surface area contributed by atoms with Crippen LogP contribution in [0.15, 0.2) is 24.3 Å². The molecule has 0 aliphatic heterocycles. The second kappa shape index (κ2) is 5.28. The summed E-state index contributed by atoms with van der Waals surface area (Å²) < 4.78 is 5.28. The minimum Gasteiger partial charge on any atom is -0.496 e. The van der Waals surface area contributed by atoms with Crippen LogP contribution < -0.4 is 4.74 Å². The number of hydrogen-bond acceptors (Lipinski definition) is 1. The zero-order chi connectivity index (χ0) is 9.68. The second-order valence-corrected chi connectivity index (χ2v) is 3.92. The number of rotatable bonds is 4. The van der Waals surface area contributed by atoms with Gasteiger partial charge in [-0.3, -0.25) is 0 Å². The first-order valence-electron chi connectivity index (χ1n) is 4.45. The van der Waals surface area contributed by atoms with Crippen molar-refractivity contribution in [2.75, 3.05) is 12.4 Å². The van der Waals surface area contributed by atoms with E-state index in [0.717, 1.165) is 17.5 Å². The Kier molecular flexibility index (Phi) is 4.29. The van der Waals surface area contributed by atoms with Crippen molar-refractivity contribution in [1.82, 2.24) is 0 Å². The lowest BCUT2D eigenvalue weighted by molar-refractivity contribution is 0.407. The zero-order valence-corrected chi connectivity index (χ0v) is 9.67. The Hall–Kier alpha value is -0.500. The van der Waals surface area contributed by atoms with Crippen LogP contribution in [0.3, 0.4) is 0 Å². The van der Waals surface area contributed by atoms with E-state index in [1.54, 1.807) is 7.11 Å². The van der Waals surface area contributed by atoms with Gasteiger partial charge in [0.25, 0.3) is 0 Å². The van der Waals surface area contributed by atoms with Crippen molar-refractivity contribution in [3.8, 4) is 5.75 Å². The van der Waals surface area contributed by atoms with Crippen molar-refractivity contribution in [3.63, 3.8) is 0 Å².